The van der Waals surface area contributed by atoms with Crippen LogP contribution in [0.3, 0.4) is 0 Å². The normalized spacial score (nSPS) is 12.4. The summed E-state index contributed by atoms with van der Waals surface area (Å²) in [6.45, 7) is 2.01. The third kappa shape index (κ3) is 3.58. The van der Waals surface area contributed by atoms with Crippen molar-refractivity contribution >= 4 is 5.97 Å². The van der Waals surface area contributed by atoms with E-state index in [1.54, 1.807) is 0 Å². The van der Waals surface area contributed by atoms with Gasteiger partial charge in [0.15, 0.2) is 0 Å². The first-order valence-electron chi connectivity index (χ1n) is 4.61. The highest BCUT2D eigenvalue weighted by atomic mass is 16.4. The van der Waals surface area contributed by atoms with Crippen LogP contribution < -0.4 is 5.73 Å². The molecule has 1 unspecified atom stereocenters. The molecule has 0 aromatic heterocycles. The second-order valence-electron chi connectivity index (χ2n) is 3.55. The minimum absolute atomic E-state index is 0.0218. The number of aliphatic carboxylic acids is 1. The number of carboxylic acid groups (broad SMARTS) is 1. The monoisotopic (exact) mass is 193 g/mol. The van der Waals surface area contributed by atoms with E-state index in [1.165, 1.54) is 5.56 Å². The Morgan fingerprint density at radius 1 is 1.57 bits per heavy atom. The van der Waals surface area contributed by atoms with Gasteiger partial charge in [0.2, 0.25) is 0 Å². The average Bonchev–Trinajstić information content (AvgIpc) is 2.01. The number of benzene rings is 1. The van der Waals surface area contributed by atoms with Crippen molar-refractivity contribution in [2.45, 2.75) is 25.8 Å². The largest absolute Gasteiger partial charge is 0.481 e. The zero-order valence-corrected chi connectivity index (χ0v) is 8.23. The molecule has 1 aromatic carbocycles. The van der Waals surface area contributed by atoms with E-state index in [4.69, 9.17) is 10.8 Å². The highest BCUT2D eigenvalue weighted by Crippen LogP contribution is 2.07. The van der Waals surface area contributed by atoms with E-state index in [1.807, 2.05) is 31.2 Å². The summed E-state index contributed by atoms with van der Waals surface area (Å²) < 4.78 is 0. The summed E-state index contributed by atoms with van der Waals surface area (Å²) in [7, 11) is 0. The van der Waals surface area contributed by atoms with E-state index < -0.39 is 5.97 Å². The van der Waals surface area contributed by atoms with Gasteiger partial charge in [0, 0.05) is 6.04 Å². The van der Waals surface area contributed by atoms with Gasteiger partial charge in [-0.3, -0.25) is 4.79 Å². The number of aryl methyl sites for hydroxylation is 1. The Morgan fingerprint density at radius 3 is 2.86 bits per heavy atom. The Bertz CT molecular complexity index is 323. The molecule has 3 N–H and O–H groups in total. The number of hydrogen-bond donors (Lipinski definition) is 2. The van der Waals surface area contributed by atoms with Gasteiger partial charge >= 0.3 is 5.97 Å². The Labute approximate surface area is 83.6 Å². The predicted molar refractivity (Wildman–Crippen MR) is 55.1 cm³/mol. The molecule has 3 nitrogen and oxygen atoms in total. The Morgan fingerprint density at radius 2 is 2.29 bits per heavy atom. The molecule has 0 aliphatic rings. The van der Waals surface area contributed by atoms with Crippen molar-refractivity contribution in [3.05, 3.63) is 35.4 Å². The second-order valence-corrected chi connectivity index (χ2v) is 3.55. The molecule has 0 spiro atoms. The van der Waals surface area contributed by atoms with Crippen LogP contribution in [0.4, 0.5) is 0 Å². The third-order valence-electron chi connectivity index (χ3n) is 2.02. The molecule has 1 rings (SSSR count). The summed E-state index contributed by atoms with van der Waals surface area (Å²) in [5, 5.41) is 8.54. The lowest BCUT2D eigenvalue weighted by atomic mass is 10.0. The van der Waals surface area contributed by atoms with Crippen LogP contribution in [0.15, 0.2) is 24.3 Å². The zero-order valence-electron chi connectivity index (χ0n) is 8.23. The van der Waals surface area contributed by atoms with Gasteiger partial charge in [-0.15, -0.1) is 0 Å². The fraction of sp³-hybridized carbons (Fsp3) is 0.364. The number of hydrogen-bond acceptors (Lipinski definition) is 2. The first kappa shape index (κ1) is 10.7. The lowest BCUT2D eigenvalue weighted by Gasteiger charge is -2.08. The molecule has 0 aliphatic heterocycles. The summed E-state index contributed by atoms with van der Waals surface area (Å²) in [5.41, 5.74) is 7.94. The summed E-state index contributed by atoms with van der Waals surface area (Å²) in [6, 6.07) is 7.66. The van der Waals surface area contributed by atoms with Gasteiger partial charge in [-0.2, -0.15) is 0 Å². The Balaban J connectivity index is 2.55. The number of nitrogens with two attached hydrogens (primary N) is 1. The van der Waals surface area contributed by atoms with Gasteiger partial charge in [0.05, 0.1) is 6.42 Å². The smallest absolute Gasteiger partial charge is 0.304 e. The highest BCUT2D eigenvalue weighted by Gasteiger charge is 2.08. The molecular formula is C11H15NO2. The summed E-state index contributed by atoms with van der Waals surface area (Å²) in [5.74, 6) is -0.842. The molecule has 0 radical (unpaired) electrons. The Kier molecular flexibility index (Phi) is 3.65. The van der Waals surface area contributed by atoms with Gasteiger partial charge < -0.3 is 10.8 Å². The predicted octanol–water partition coefficient (Wildman–Crippen LogP) is 1.34. The average molecular weight is 193 g/mol. The lowest BCUT2D eigenvalue weighted by molar-refractivity contribution is -0.137. The maximum absolute atomic E-state index is 10.4. The van der Waals surface area contributed by atoms with Crippen LogP contribution in [0.1, 0.15) is 17.5 Å². The van der Waals surface area contributed by atoms with Crippen LogP contribution in [0, 0.1) is 6.92 Å². The van der Waals surface area contributed by atoms with Crippen LogP contribution in [-0.2, 0) is 11.2 Å². The number of carbonyl (C=O) groups is 1. The van der Waals surface area contributed by atoms with Crippen molar-refractivity contribution in [2.75, 3.05) is 0 Å². The lowest BCUT2D eigenvalue weighted by Crippen LogP contribution is -2.26. The van der Waals surface area contributed by atoms with Crippen molar-refractivity contribution in [3.8, 4) is 0 Å². The molecule has 0 fully saturated rings. The van der Waals surface area contributed by atoms with Gasteiger partial charge in [0.1, 0.15) is 0 Å². The van der Waals surface area contributed by atoms with Crippen LogP contribution >= 0.6 is 0 Å². The topological polar surface area (TPSA) is 63.3 Å². The maximum Gasteiger partial charge on any atom is 0.304 e. The molecule has 1 aromatic rings. The van der Waals surface area contributed by atoms with Crippen molar-refractivity contribution in [1.29, 1.82) is 0 Å². The van der Waals surface area contributed by atoms with Crippen LogP contribution in [-0.4, -0.2) is 17.1 Å². The minimum atomic E-state index is -0.842. The van der Waals surface area contributed by atoms with E-state index in [0.29, 0.717) is 6.42 Å². The number of rotatable bonds is 4. The second kappa shape index (κ2) is 4.77. The zero-order chi connectivity index (χ0) is 10.6. The van der Waals surface area contributed by atoms with Crippen molar-refractivity contribution in [1.82, 2.24) is 0 Å². The molecule has 0 saturated carbocycles. The van der Waals surface area contributed by atoms with Gasteiger partial charge in [-0.25, -0.2) is 0 Å². The molecule has 3 heteroatoms. The summed E-state index contributed by atoms with van der Waals surface area (Å²) in [4.78, 5) is 10.4. The van der Waals surface area contributed by atoms with E-state index in [-0.39, 0.29) is 12.5 Å². The molecule has 14 heavy (non-hydrogen) atoms. The van der Waals surface area contributed by atoms with Gasteiger partial charge in [-0.05, 0) is 18.9 Å². The number of carboxylic acids is 1. The minimum Gasteiger partial charge on any atom is -0.481 e. The van der Waals surface area contributed by atoms with Crippen molar-refractivity contribution in [3.63, 3.8) is 0 Å². The highest BCUT2D eigenvalue weighted by molar-refractivity contribution is 5.67. The Hall–Kier alpha value is -1.35. The molecule has 76 valence electrons. The summed E-state index contributed by atoms with van der Waals surface area (Å²) >= 11 is 0. The standard InChI is InChI=1S/C11H15NO2/c1-8-3-2-4-9(5-8)6-10(12)7-11(13)14/h2-5,10H,6-7,12H2,1H3,(H,13,14). The van der Waals surface area contributed by atoms with Crippen LogP contribution in [0.5, 0.6) is 0 Å². The summed E-state index contributed by atoms with van der Waals surface area (Å²) in [6.07, 6.45) is 0.641. The van der Waals surface area contributed by atoms with Crippen LogP contribution in [0.25, 0.3) is 0 Å². The molecule has 1 atom stereocenters. The van der Waals surface area contributed by atoms with E-state index >= 15 is 0 Å². The van der Waals surface area contributed by atoms with Crippen LogP contribution in [0.2, 0.25) is 0 Å². The molecule has 0 amide bonds. The van der Waals surface area contributed by atoms with E-state index in [2.05, 4.69) is 0 Å². The first-order valence-corrected chi connectivity index (χ1v) is 4.61. The first-order chi connectivity index (χ1) is 6.58. The molecule has 0 bridgehead atoms. The molecular weight excluding hydrogens is 178 g/mol. The molecule has 0 saturated heterocycles. The fourth-order valence-corrected chi connectivity index (χ4v) is 1.44. The fourth-order valence-electron chi connectivity index (χ4n) is 1.44. The van der Waals surface area contributed by atoms with Gasteiger partial charge in [-0.1, -0.05) is 29.8 Å². The van der Waals surface area contributed by atoms with Crippen molar-refractivity contribution < 1.29 is 9.90 Å². The molecule has 0 aliphatic carbocycles. The third-order valence-corrected chi connectivity index (χ3v) is 2.02. The van der Waals surface area contributed by atoms with Gasteiger partial charge in [0.25, 0.3) is 0 Å². The van der Waals surface area contributed by atoms with E-state index in [9.17, 15) is 4.79 Å². The van der Waals surface area contributed by atoms with E-state index in [0.717, 1.165) is 5.56 Å². The SMILES string of the molecule is Cc1cccc(CC(N)CC(=O)O)c1. The van der Waals surface area contributed by atoms with Crippen molar-refractivity contribution in [2.24, 2.45) is 5.73 Å². The molecule has 0 heterocycles. The quantitative estimate of drug-likeness (QED) is 0.758. The maximum atomic E-state index is 10.4.